The fourth-order valence-electron chi connectivity index (χ4n) is 4.63. The van der Waals surface area contributed by atoms with Crippen LogP contribution in [0.2, 0.25) is 0 Å². The molecule has 6 heteroatoms. The van der Waals surface area contributed by atoms with Crippen LogP contribution < -0.4 is 10.2 Å². The summed E-state index contributed by atoms with van der Waals surface area (Å²) in [7, 11) is 0. The number of amides is 3. The molecule has 0 atom stereocenters. The first kappa shape index (κ1) is 20.3. The van der Waals surface area contributed by atoms with Crippen LogP contribution in [0.3, 0.4) is 0 Å². The summed E-state index contributed by atoms with van der Waals surface area (Å²) in [6.07, 6.45) is 0. The van der Waals surface area contributed by atoms with Gasteiger partial charge < -0.3 is 10.2 Å². The number of hydrogen-bond acceptors (Lipinski definition) is 4. The van der Waals surface area contributed by atoms with Crippen molar-refractivity contribution in [3.63, 3.8) is 0 Å². The van der Waals surface area contributed by atoms with Crippen LogP contribution >= 0.6 is 0 Å². The first-order valence-electron chi connectivity index (χ1n) is 11.0. The van der Waals surface area contributed by atoms with Gasteiger partial charge in [-0.05, 0) is 23.3 Å². The van der Waals surface area contributed by atoms with Gasteiger partial charge in [-0.25, -0.2) is 9.69 Å². The van der Waals surface area contributed by atoms with Crippen molar-refractivity contribution < 1.29 is 9.59 Å². The smallest absolute Gasteiger partial charge is 0.326 e. The van der Waals surface area contributed by atoms with Gasteiger partial charge >= 0.3 is 6.03 Å². The Bertz CT molecular complexity index is 1040. The number of urea groups is 1. The van der Waals surface area contributed by atoms with Crippen molar-refractivity contribution in [3.05, 3.63) is 102 Å². The Hall–Kier alpha value is -3.64. The lowest BCUT2D eigenvalue weighted by Crippen LogP contribution is -2.52. The van der Waals surface area contributed by atoms with E-state index in [-0.39, 0.29) is 18.6 Å². The second-order valence-electron chi connectivity index (χ2n) is 8.23. The van der Waals surface area contributed by atoms with Crippen LogP contribution in [0.5, 0.6) is 0 Å². The highest BCUT2D eigenvalue weighted by atomic mass is 16.2. The number of anilines is 1. The molecule has 0 aromatic heterocycles. The molecule has 0 radical (unpaired) electrons. The molecule has 0 spiro atoms. The number of piperazine rings is 1. The minimum absolute atomic E-state index is 0.231. The quantitative estimate of drug-likeness (QED) is 0.637. The number of carbonyl (C=O) groups excluding carboxylic acids is 2. The van der Waals surface area contributed by atoms with Gasteiger partial charge in [0.2, 0.25) is 0 Å². The lowest BCUT2D eigenvalue weighted by Gasteiger charge is -2.37. The molecule has 162 valence electrons. The molecule has 3 amide bonds. The lowest BCUT2D eigenvalue weighted by molar-refractivity contribution is -0.131. The zero-order valence-corrected chi connectivity index (χ0v) is 17.9. The maximum Gasteiger partial charge on any atom is 0.326 e. The number of imide groups is 1. The standard InChI is InChI=1S/C26H26N4O2/c31-24-26(21-10-4-1-5-11-21,22-12-6-2-7-13-22)27-25(32)30(24)20-28-16-18-29(19-17-28)23-14-8-3-9-15-23/h1-15H,16-20H2,(H,27,32). The number of para-hydroxylation sites is 1. The summed E-state index contributed by atoms with van der Waals surface area (Å²) >= 11 is 0. The van der Waals surface area contributed by atoms with E-state index < -0.39 is 5.54 Å². The van der Waals surface area contributed by atoms with Crippen molar-refractivity contribution in [2.24, 2.45) is 0 Å². The molecule has 2 aliphatic rings. The first-order chi connectivity index (χ1) is 15.7. The highest BCUT2D eigenvalue weighted by Crippen LogP contribution is 2.36. The van der Waals surface area contributed by atoms with Crippen molar-refractivity contribution in [2.45, 2.75) is 5.54 Å². The van der Waals surface area contributed by atoms with E-state index in [0.717, 1.165) is 37.3 Å². The third kappa shape index (κ3) is 3.52. The topological polar surface area (TPSA) is 55.9 Å². The maximum atomic E-state index is 13.8. The lowest BCUT2D eigenvalue weighted by atomic mass is 9.83. The van der Waals surface area contributed by atoms with Gasteiger partial charge in [-0.3, -0.25) is 9.69 Å². The van der Waals surface area contributed by atoms with Crippen molar-refractivity contribution in [2.75, 3.05) is 37.7 Å². The van der Waals surface area contributed by atoms with Gasteiger partial charge in [0.25, 0.3) is 5.91 Å². The Morgan fingerprint density at radius 3 is 1.72 bits per heavy atom. The molecule has 2 heterocycles. The van der Waals surface area contributed by atoms with Crippen molar-refractivity contribution in [1.29, 1.82) is 0 Å². The Kier molecular flexibility index (Phi) is 5.37. The first-order valence-corrected chi connectivity index (χ1v) is 11.0. The summed E-state index contributed by atoms with van der Waals surface area (Å²) in [6.45, 7) is 3.58. The maximum absolute atomic E-state index is 13.8. The summed E-state index contributed by atoms with van der Waals surface area (Å²) in [5.41, 5.74) is 1.53. The highest BCUT2D eigenvalue weighted by molar-refractivity contribution is 6.09. The molecular weight excluding hydrogens is 400 g/mol. The third-order valence-corrected chi connectivity index (χ3v) is 6.35. The molecule has 2 aliphatic heterocycles. The fourth-order valence-corrected chi connectivity index (χ4v) is 4.63. The zero-order valence-electron chi connectivity index (χ0n) is 17.9. The van der Waals surface area contributed by atoms with E-state index in [9.17, 15) is 9.59 Å². The van der Waals surface area contributed by atoms with E-state index in [1.165, 1.54) is 10.6 Å². The van der Waals surface area contributed by atoms with Crippen LogP contribution in [-0.4, -0.2) is 54.6 Å². The minimum Gasteiger partial charge on any atom is -0.369 e. The van der Waals surface area contributed by atoms with Gasteiger partial charge in [0.1, 0.15) is 0 Å². The Morgan fingerprint density at radius 1 is 0.688 bits per heavy atom. The average molecular weight is 427 g/mol. The van der Waals surface area contributed by atoms with Crippen LogP contribution in [0.15, 0.2) is 91.0 Å². The molecule has 3 aromatic carbocycles. The number of nitrogens with zero attached hydrogens (tertiary/aromatic N) is 3. The Balaban J connectivity index is 1.36. The molecule has 6 nitrogen and oxygen atoms in total. The molecule has 0 bridgehead atoms. The Labute approximate surface area is 188 Å². The Morgan fingerprint density at radius 2 is 1.19 bits per heavy atom. The predicted molar refractivity (Wildman–Crippen MR) is 124 cm³/mol. The zero-order chi connectivity index (χ0) is 22.0. The molecular formula is C26H26N4O2. The molecule has 3 aromatic rings. The van der Waals surface area contributed by atoms with Gasteiger partial charge in [-0.2, -0.15) is 0 Å². The molecule has 2 saturated heterocycles. The summed E-state index contributed by atoms with van der Waals surface area (Å²) in [5, 5.41) is 3.02. The fraction of sp³-hybridized carbons (Fsp3) is 0.231. The highest BCUT2D eigenvalue weighted by Gasteiger charge is 2.53. The summed E-state index contributed by atoms with van der Waals surface area (Å²) in [4.78, 5) is 32.7. The van der Waals surface area contributed by atoms with Gasteiger partial charge in [0, 0.05) is 31.9 Å². The molecule has 2 fully saturated rings. The summed E-state index contributed by atoms with van der Waals surface area (Å²) in [5.74, 6) is -0.231. The van der Waals surface area contributed by atoms with Gasteiger partial charge in [0.15, 0.2) is 5.54 Å². The molecule has 0 unspecified atom stereocenters. The van der Waals surface area contributed by atoms with Crippen LogP contribution in [0, 0.1) is 0 Å². The molecule has 0 saturated carbocycles. The minimum atomic E-state index is -1.20. The van der Waals surface area contributed by atoms with Crippen LogP contribution in [0.4, 0.5) is 10.5 Å². The van der Waals surface area contributed by atoms with E-state index >= 15 is 0 Å². The monoisotopic (exact) mass is 426 g/mol. The molecule has 0 aliphatic carbocycles. The SMILES string of the molecule is O=C1NC(c2ccccc2)(c2ccccc2)C(=O)N1CN1CCN(c2ccccc2)CC1. The number of rotatable bonds is 5. The number of nitrogens with one attached hydrogen (secondary N) is 1. The van der Waals surface area contributed by atoms with Crippen molar-refractivity contribution in [3.8, 4) is 0 Å². The van der Waals surface area contributed by atoms with E-state index in [4.69, 9.17) is 0 Å². The second kappa shape index (κ2) is 8.48. The van der Waals surface area contributed by atoms with Crippen LogP contribution in [-0.2, 0) is 10.3 Å². The predicted octanol–water partition coefficient (Wildman–Crippen LogP) is 3.26. The van der Waals surface area contributed by atoms with E-state index in [1.807, 2.05) is 78.9 Å². The van der Waals surface area contributed by atoms with Gasteiger partial charge in [-0.15, -0.1) is 0 Å². The normalized spacial score (nSPS) is 18.6. The summed E-state index contributed by atoms with van der Waals surface area (Å²) < 4.78 is 0. The number of hydrogen-bond donors (Lipinski definition) is 1. The van der Waals surface area contributed by atoms with Crippen molar-refractivity contribution >= 4 is 17.6 Å². The number of benzene rings is 3. The van der Waals surface area contributed by atoms with E-state index in [1.54, 1.807) is 0 Å². The van der Waals surface area contributed by atoms with E-state index in [0.29, 0.717) is 0 Å². The largest absolute Gasteiger partial charge is 0.369 e. The van der Waals surface area contributed by atoms with Crippen LogP contribution in [0.25, 0.3) is 0 Å². The second-order valence-corrected chi connectivity index (χ2v) is 8.23. The van der Waals surface area contributed by atoms with Crippen LogP contribution in [0.1, 0.15) is 11.1 Å². The van der Waals surface area contributed by atoms with Crippen molar-refractivity contribution in [1.82, 2.24) is 15.1 Å². The third-order valence-electron chi connectivity index (χ3n) is 6.35. The number of carbonyl (C=O) groups is 2. The average Bonchev–Trinajstić information content (AvgIpc) is 3.12. The van der Waals surface area contributed by atoms with Gasteiger partial charge in [0.05, 0.1) is 6.67 Å². The molecule has 5 rings (SSSR count). The molecule has 32 heavy (non-hydrogen) atoms. The molecule has 1 N–H and O–H groups in total. The van der Waals surface area contributed by atoms with Gasteiger partial charge in [-0.1, -0.05) is 78.9 Å². The van der Waals surface area contributed by atoms with E-state index in [2.05, 4.69) is 27.2 Å². The summed E-state index contributed by atoms with van der Waals surface area (Å²) in [6, 6.07) is 29.0.